The molecule has 1 N–H and O–H groups in total. The monoisotopic (exact) mass is 362 g/mol. The molecule has 0 unspecified atom stereocenters. The van der Waals surface area contributed by atoms with Crippen LogP contribution in [0.2, 0.25) is 0 Å². The fourth-order valence-electron chi connectivity index (χ4n) is 3.38. The second-order valence-corrected chi connectivity index (χ2v) is 7.73. The van der Waals surface area contributed by atoms with Gasteiger partial charge in [0.05, 0.1) is 17.5 Å². The van der Waals surface area contributed by atoms with E-state index in [1.54, 1.807) is 18.0 Å². The number of hydrogen-bond donors (Lipinski definition) is 1. The minimum absolute atomic E-state index is 0.0965. The number of carbonyl (C=O) groups excluding carboxylic acids is 1. The SMILES string of the molecule is CSc1nnc(CC2CCN(C(=O)c3cn[nH]c3C(C)C)CC2)n1C. The van der Waals surface area contributed by atoms with Crippen LogP contribution in [0.15, 0.2) is 11.4 Å². The third-order valence-corrected chi connectivity index (χ3v) is 5.68. The quantitative estimate of drug-likeness (QED) is 0.827. The Morgan fingerprint density at radius 3 is 2.68 bits per heavy atom. The molecular weight excluding hydrogens is 336 g/mol. The highest BCUT2D eigenvalue weighted by Gasteiger charge is 2.27. The van der Waals surface area contributed by atoms with Crippen LogP contribution in [0, 0.1) is 5.92 Å². The van der Waals surface area contributed by atoms with E-state index >= 15 is 0 Å². The normalized spacial score (nSPS) is 16.0. The van der Waals surface area contributed by atoms with Gasteiger partial charge in [0.15, 0.2) is 5.16 Å². The first-order valence-corrected chi connectivity index (χ1v) is 9.98. The molecule has 1 aliphatic heterocycles. The highest BCUT2D eigenvalue weighted by atomic mass is 32.2. The van der Waals surface area contributed by atoms with Gasteiger partial charge in [-0.05, 0) is 30.9 Å². The molecule has 1 amide bonds. The van der Waals surface area contributed by atoms with E-state index in [1.165, 1.54) is 0 Å². The Hall–Kier alpha value is -1.83. The molecule has 0 bridgehead atoms. The molecule has 0 aliphatic carbocycles. The molecule has 8 heteroatoms. The molecule has 7 nitrogen and oxygen atoms in total. The summed E-state index contributed by atoms with van der Waals surface area (Å²) in [5, 5.41) is 16.5. The Morgan fingerprint density at radius 2 is 2.08 bits per heavy atom. The number of likely N-dealkylation sites (tertiary alicyclic amines) is 1. The topological polar surface area (TPSA) is 79.7 Å². The fraction of sp³-hybridized carbons (Fsp3) is 0.647. The Labute approximate surface area is 152 Å². The van der Waals surface area contributed by atoms with Crippen molar-refractivity contribution in [1.82, 2.24) is 29.9 Å². The third kappa shape index (κ3) is 3.73. The van der Waals surface area contributed by atoms with Gasteiger partial charge in [-0.1, -0.05) is 25.6 Å². The molecule has 0 atom stereocenters. The number of aromatic nitrogens is 5. The summed E-state index contributed by atoms with van der Waals surface area (Å²) in [5.74, 6) is 1.95. The number of carbonyl (C=O) groups is 1. The smallest absolute Gasteiger partial charge is 0.257 e. The Bertz CT molecular complexity index is 729. The summed E-state index contributed by atoms with van der Waals surface area (Å²) in [4.78, 5) is 14.7. The van der Waals surface area contributed by atoms with Crippen molar-refractivity contribution in [1.29, 1.82) is 0 Å². The number of aromatic amines is 1. The van der Waals surface area contributed by atoms with Gasteiger partial charge < -0.3 is 9.47 Å². The first-order valence-electron chi connectivity index (χ1n) is 8.76. The van der Waals surface area contributed by atoms with E-state index in [-0.39, 0.29) is 11.8 Å². The molecule has 3 rings (SSSR count). The Balaban J connectivity index is 1.59. The van der Waals surface area contributed by atoms with E-state index in [0.29, 0.717) is 11.5 Å². The lowest BCUT2D eigenvalue weighted by Gasteiger charge is -2.32. The van der Waals surface area contributed by atoms with Gasteiger partial charge in [0, 0.05) is 26.6 Å². The van der Waals surface area contributed by atoms with Crippen LogP contribution in [0.4, 0.5) is 0 Å². The van der Waals surface area contributed by atoms with Gasteiger partial charge in [0.2, 0.25) is 0 Å². The van der Waals surface area contributed by atoms with Crippen LogP contribution in [-0.4, -0.2) is 55.1 Å². The molecule has 1 fully saturated rings. The zero-order valence-electron chi connectivity index (χ0n) is 15.3. The van der Waals surface area contributed by atoms with Gasteiger partial charge in [-0.2, -0.15) is 5.10 Å². The van der Waals surface area contributed by atoms with Crippen molar-refractivity contribution in [2.24, 2.45) is 13.0 Å². The van der Waals surface area contributed by atoms with Crippen LogP contribution in [0.3, 0.4) is 0 Å². The molecule has 0 saturated carbocycles. The van der Waals surface area contributed by atoms with E-state index < -0.39 is 0 Å². The summed E-state index contributed by atoms with van der Waals surface area (Å²) in [6.07, 6.45) is 6.60. The van der Waals surface area contributed by atoms with Crippen molar-refractivity contribution in [2.45, 2.75) is 44.2 Å². The largest absolute Gasteiger partial charge is 0.339 e. The van der Waals surface area contributed by atoms with Crippen molar-refractivity contribution in [3.63, 3.8) is 0 Å². The molecule has 1 saturated heterocycles. The highest BCUT2D eigenvalue weighted by molar-refractivity contribution is 7.98. The molecule has 3 heterocycles. The van der Waals surface area contributed by atoms with E-state index in [4.69, 9.17) is 0 Å². The van der Waals surface area contributed by atoms with Crippen molar-refractivity contribution in [3.05, 3.63) is 23.3 Å². The van der Waals surface area contributed by atoms with E-state index in [1.807, 2.05) is 18.2 Å². The van der Waals surface area contributed by atoms with Crippen LogP contribution < -0.4 is 0 Å². The lowest BCUT2D eigenvalue weighted by Crippen LogP contribution is -2.39. The second-order valence-electron chi connectivity index (χ2n) is 6.95. The second kappa shape index (κ2) is 7.59. The number of amides is 1. The number of H-pyrrole nitrogens is 1. The van der Waals surface area contributed by atoms with E-state index in [0.717, 1.165) is 49.0 Å². The number of rotatable bonds is 5. The van der Waals surface area contributed by atoms with Crippen molar-refractivity contribution < 1.29 is 4.79 Å². The van der Waals surface area contributed by atoms with Gasteiger partial charge in [-0.15, -0.1) is 10.2 Å². The summed E-state index contributed by atoms with van der Waals surface area (Å²) in [7, 11) is 2.02. The first kappa shape index (κ1) is 18.0. The van der Waals surface area contributed by atoms with Crippen LogP contribution in [0.1, 0.15) is 54.5 Å². The minimum atomic E-state index is 0.0965. The lowest BCUT2D eigenvalue weighted by molar-refractivity contribution is 0.0688. The van der Waals surface area contributed by atoms with Gasteiger partial charge in [0.25, 0.3) is 5.91 Å². The molecule has 136 valence electrons. The van der Waals surface area contributed by atoms with Gasteiger partial charge >= 0.3 is 0 Å². The molecule has 2 aromatic rings. The van der Waals surface area contributed by atoms with Crippen LogP contribution in [0.5, 0.6) is 0 Å². The maximum Gasteiger partial charge on any atom is 0.257 e. The molecule has 1 aliphatic rings. The number of nitrogens with zero attached hydrogens (tertiary/aromatic N) is 5. The first-order chi connectivity index (χ1) is 12.0. The number of thioether (sulfide) groups is 1. The molecule has 0 spiro atoms. The van der Waals surface area contributed by atoms with Crippen molar-refractivity contribution in [3.8, 4) is 0 Å². The van der Waals surface area contributed by atoms with Crippen molar-refractivity contribution >= 4 is 17.7 Å². The van der Waals surface area contributed by atoms with Crippen molar-refractivity contribution in [2.75, 3.05) is 19.3 Å². The third-order valence-electron chi connectivity index (χ3n) is 4.96. The Morgan fingerprint density at radius 1 is 1.36 bits per heavy atom. The van der Waals surface area contributed by atoms with Gasteiger partial charge in [-0.25, -0.2) is 0 Å². The zero-order chi connectivity index (χ0) is 18.0. The molecule has 25 heavy (non-hydrogen) atoms. The highest BCUT2D eigenvalue weighted by Crippen LogP contribution is 2.25. The summed E-state index contributed by atoms with van der Waals surface area (Å²) < 4.78 is 2.07. The molecular formula is C17H26N6OS. The predicted octanol–water partition coefficient (Wildman–Crippen LogP) is 2.48. The summed E-state index contributed by atoms with van der Waals surface area (Å²) in [5.41, 5.74) is 1.64. The van der Waals surface area contributed by atoms with E-state index in [9.17, 15) is 4.79 Å². The van der Waals surface area contributed by atoms with Crippen LogP contribution >= 0.6 is 11.8 Å². The summed E-state index contributed by atoms with van der Waals surface area (Å²) in [6, 6.07) is 0. The summed E-state index contributed by atoms with van der Waals surface area (Å²) in [6.45, 7) is 5.72. The number of piperidine rings is 1. The maximum absolute atomic E-state index is 12.8. The standard InChI is InChI=1S/C17H26N6OS/c1-11(2)15-13(10-18-20-15)16(24)23-7-5-12(6-8-23)9-14-19-21-17(25-4)22(14)3/h10-12H,5-9H2,1-4H3,(H,18,20). The van der Waals surface area contributed by atoms with Crippen LogP contribution in [0.25, 0.3) is 0 Å². The average Bonchev–Trinajstić information content (AvgIpc) is 3.23. The van der Waals surface area contributed by atoms with Gasteiger partial charge in [0.1, 0.15) is 5.82 Å². The Kier molecular flexibility index (Phi) is 5.46. The number of hydrogen-bond acceptors (Lipinski definition) is 5. The maximum atomic E-state index is 12.8. The molecule has 2 aromatic heterocycles. The number of nitrogens with one attached hydrogen (secondary N) is 1. The summed E-state index contributed by atoms with van der Waals surface area (Å²) >= 11 is 1.61. The fourth-order valence-corrected chi connectivity index (χ4v) is 3.88. The van der Waals surface area contributed by atoms with Crippen LogP contribution in [-0.2, 0) is 13.5 Å². The van der Waals surface area contributed by atoms with E-state index in [2.05, 4.69) is 38.8 Å². The zero-order valence-corrected chi connectivity index (χ0v) is 16.1. The average molecular weight is 363 g/mol. The minimum Gasteiger partial charge on any atom is -0.339 e. The predicted molar refractivity (Wildman–Crippen MR) is 97.8 cm³/mol. The molecule has 0 aromatic carbocycles. The lowest BCUT2D eigenvalue weighted by atomic mass is 9.92. The molecule has 0 radical (unpaired) electrons. The van der Waals surface area contributed by atoms with Gasteiger partial charge in [-0.3, -0.25) is 9.89 Å².